The van der Waals surface area contributed by atoms with E-state index in [1.807, 2.05) is 6.07 Å². The van der Waals surface area contributed by atoms with Crippen LogP contribution >= 0.6 is 54.5 Å². The Kier molecular flexibility index (Phi) is 13.1. The molecule has 6 rings (SSSR count). The Morgan fingerprint density at radius 2 is 1.22 bits per heavy atom. The molecule has 0 aliphatic rings. The summed E-state index contributed by atoms with van der Waals surface area (Å²) in [6.45, 7) is 4.33. The summed E-state index contributed by atoms with van der Waals surface area (Å²) in [6, 6.07) is 18.2. The van der Waals surface area contributed by atoms with Crippen LogP contribution in [-0.2, 0) is 6.42 Å². The minimum Gasteiger partial charge on any atom is -0.478 e. The maximum absolute atomic E-state index is 16.5. The van der Waals surface area contributed by atoms with Crippen molar-refractivity contribution >= 4 is 77.5 Å². The number of carbonyl (C=O) groups is 2. The normalized spacial score (nSPS) is 12.0. The van der Waals surface area contributed by atoms with Gasteiger partial charge in [0.25, 0.3) is 0 Å². The Morgan fingerprint density at radius 1 is 0.685 bits per heavy atom. The van der Waals surface area contributed by atoms with E-state index >= 15 is 8.78 Å². The number of fused-ring (bicyclic) bond motifs is 1. The molecule has 1 unspecified atom stereocenters. The van der Waals surface area contributed by atoms with Crippen LogP contribution in [0.2, 0.25) is 0 Å². The molecule has 3 heterocycles. The van der Waals surface area contributed by atoms with Gasteiger partial charge in [-0.05, 0) is 98.3 Å². The van der Waals surface area contributed by atoms with E-state index in [-0.39, 0.29) is 39.2 Å². The van der Waals surface area contributed by atoms with E-state index in [2.05, 4.69) is 45.7 Å². The second-order valence-corrected chi connectivity index (χ2v) is 18.3. The van der Waals surface area contributed by atoms with Gasteiger partial charge < -0.3 is 10.2 Å². The lowest BCUT2D eigenvalue weighted by Gasteiger charge is -2.20. The molecule has 1 atom stereocenters. The number of carboxylic acid groups (broad SMARTS) is 2. The second-order valence-electron chi connectivity index (χ2n) is 13.3. The Bertz CT molecular complexity index is 2320. The summed E-state index contributed by atoms with van der Waals surface area (Å²) < 4.78 is 34.3. The number of unbranched alkanes of at least 4 members (excludes halogenated alkanes) is 4. The predicted octanol–water partition coefficient (Wildman–Crippen LogP) is 13.9. The first-order valence-electron chi connectivity index (χ1n) is 17.9. The van der Waals surface area contributed by atoms with E-state index < -0.39 is 23.6 Å². The molecular formula is C42H38Br2F2N2O4S2. The first kappa shape index (κ1) is 39.8. The fraction of sp³-hybridized carbons (Fsp3) is 0.286. The van der Waals surface area contributed by atoms with Crippen LogP contribution in [0.1, 0.15) is 91.5 Å². The zero-order valence-corrected chi connectivity index (χ0v) is 34.5. The summed E-state index contributed by atoms with van der Waals surface area (Å²) in [5.41, 5.74) is 2.87. The number of aromatic nitrogens is 2. The predicted molar refractivity (Wildman–Crippen MR) is 222 cm³/mol. The Balaban J connectivity index is 1.63. The van der Waals surface area contributed by atoms with Gasteiger partial charge in [0.1, 0.15) is 11.0 Å². The molecule has 12 heteroatoms. The van der Waals surface area contributed by atoms with E-state index in [0.717, 1.165) is 58.9 Å². The minimum absolute atomic E-state index is 0.0341. The van der Waals surface area contributed by atoms with Gasteiger partial charge in [0.15, 0.2) is 11.6 Å². The molecule has 0 saturated carbocycles. The van der Waals surface area contributed by atoms with E-state index in [1.54, 1.807) is 48.5 Å². The molecular weight excluding hydrogens is 858 g/mol. The Labute approximate surface area is 337 Å². The molecule has 0 amide bonds. The first-order valence-corrected chi connectivity index (χ1v) is 21.2. The Morgan fingerprint density at radius 3 is 1.72 bits per heavy atom. The van der Waals surface area contributed by atoms with Gasteiger partial charge >= 0.3 is 11.9 Å². The number of halogens is 4. The van der Waals surface area contributed by atoms with Crippen molar-refractivity contribution in [1.82, 2.24) is 9.97 Å². The monoisotopic (exact) mass is 894 g/mol. The van der Waals surface area contributed by atoms with Gasteiger partial charge in [-0.15, -0.1) is 22.7 Å². The lowest BCUT2D eigenvalue weighted by molar-refractivity contribution is 0.0685. The lowest BCUT2D eigenvalue weighted by Crippen LogP contribution is -2.10. The lowest BCUT2D eigenvalue weighted by atomic mass is 9.86. The smallest absolute Gasteiger partial charge is 0.335 e. The quantitative estimate of drug-likeness (QED) is 0.0939. The molecule has 0 radical (unpaired) electrons. The molecule has 2 N–H and O–H groups in total. The SMILES string of the molecule is CCCCCCC(CCCC)Cc1cc(-c2nc3c(-c4ccc(Br)s4)c(F)c(F)c(-c4ccc(Br)s4)c3nc2-c2ccc(C(=O)O)cc2)ccc1C(=O)O. The molecule has 0 spiro atoms. The number of hydrogen-bond acceptors (Lipinski definition) is 6. The van der Waals surface area contributed by atoms with Crippen LogP contribution in [0.3, 0.4) is 0 Å². The second kappa shape index (κ2) is 17.7. The van der Waals surface area contributed by atoms with Crippen molar-refractivity contribution < 1.29 is 28.6 Å². The molecule has 0 saturated heterocycles. The van der Waals surface area contributed by atoms with Gasteiger partial charge in [-0.1, -0.05) is 83.4 Å². The topological polar surface area (TPSA) is 100 Å². The van der Waals surface area contributed by atoms with E-state index in [9.17, 15) is 19.8 Å². The van der Waals surface area contributed by atoms with Crippen LogP contribution in [0.4, 0.5) is 8.78 Å². The van der Waals surface area contributed by atoms with Crippen molar-refractivity contribution in [2.45, 2.75) is 71.6 Å². The third-order valence-electron chi connectivity index (χ3n) is 9.60. The standard InChI is InChI=1S/C42H38Br2F2N2O4S2/c1-3-5-7-8-10-23(9-6-4-2)21-27-22-26(15-16-28(27)42(51)52)38-37(24-11-13-25(14-12-24)41(49)50)47-39-33(29-17-19-31(43)53-29)35(45)36(46)34(40(39)48-38)30-18-20-32(44)54-30/h11-20,22-23H,3-10,21H2,1-2H3,(H,49,50)(H,51,52). The van der Waals surface area contributed by atoms with Gasteiger partial charge in [0, 0.05) is 20.9 Å². The van der Waals surface area contributed by atoms with Crippen LogP contribution < -0.4 is 0 Å². The minimum atomic E-state index is -1.09. The molecule has 0 aliphatic carbocycles. The summed E-state index contributed by atoms with van der Waals surface area (Å²) in [6.07, 6.45) is 9.12. The van der Waals surface area contributed by atoms with Crippen LogP contribution in [0.5, 0.6) is 0 Å². The average molecular weight is 897 g/mol. The highest BCUT2D eigenvalue weighted by Gasteiger charge is 2.28. The summed E-state index contributed by atoms with van der Waals surface area (Å²) >= 11 is 9.38. The van der Waals surface area contributed by atoms with E-state index in [1.165, 1.54) is 34.8 Å². The molecule has 6 aromatic rings. The molecule has 280 valence electrons. The molecule has 0 fully saturated rings. The van der Waals surface area contributed by atoms with Crippen LogP contribution in [0.25, 0.3) is 54.4 Å². The third-order valence-corrected chi connectivity index (χ3v) is 12.9. The molecule has 3 aromatic heterocycles. The number of carboxylic acids is 2. The molecule has 0 aliphatic heterocycles. The maximum Gasteiger partial charge on any atom is 0.335 e. The zero-order chi connectivity index (χ0) is 38.5. The molecule has 54 heavy (non-hydrogen) atoms. The first-order chi connectivity index (χ1) is 26.0. The fourth-order valence-electron chi connectivity index (χ4n) is 6.86. The summed E-state index contributed by atoms with van der Waals surface area (Å²) in [5.74, 6) is -3.95. The van der Waals surface area contributed by atoms with Crippen molar-refractivity contribution in [1.29, 1.82) is 0 Å². The van der Waals surface area contributed by atoms with Crippen molar-refractivity contribution in [3.63, 3.8) is 0 Å². The Hall–Kier alpha value is -3.84. The summed E-state index contributed by atoms with van der Waals surface area (Å²) in [7, 11) is 0. The molecule has 3 aromatic carbocycles. The fourth-order valence-corrected chi connectivity index (χ4v) is 9.71. The average Bonchev–Trinajstić information content (AvgIpc) is 3.79. The van der Waals surface area contributed by atoms with Crippen molar-refractivity contribution in [2.24, 2.45) is 5.92 Å². The number of aromatic carboxylic acids is 2. The van der Waals surface area contributed by atoms with E-state index in [0.29, 0.717) is 44.3 Å². The highest BCUT2D eigenvalue weighted by Crippen LogP contribution is 2.46. The van der Waals surface area contributed by atoms with Crippen LogP contribution in [0.15, 0.2) is 74.3 Å². The summed E-state index contributed by atoms with van der Waals surface area (Å²) in [5, 5.41) is 19.9. The van der Waals surface area contributed by atoms with Crippen molar-refractivity contribution in [3.8, 4) is 43.4 Å². The van der Waals surface area contributed by atoms with Crippen LogP contribution in [0, 0.1) is 17.6 Å². The molecule has 0 bridgehead atoms. The van der Waals surface area contributed by atoms with Gasteiger partial charge in [-0.3, -0.25) is 0 Å². The highest BCUT2D eigenvalue weighted by molar-refractivity contribution is 9.11. The van der Waals surface area contributed by atoms with E-state index in [4.69, 9.17) is 9.97 Å². The van der Waals surface area contributed by atoms with Crippen LogP contribution in [-0.4, -0.2) is 32.1 Å². The van der Waals surface area contributed by atoms with Gasteiger partial charge in [0.05, 0.1) is 41.2 Å². The zero-order valence-electron chi connectivity index (χ0n) is 29.7. The largest absolute Gasteiger partial charge is 0.478 e. The third kappa shape index (κ3) is 8.67. The van der Waals surface area contributed by atoms with Gasteiger partial charge in [-0.2, -0.15) is 0 Å². The number of hydrogen-bond donors (Lipinski definition) is 2. The molecule has 6 nitrogen and oxygen atoms in total. The number of rotatable bonds is 16. The number of thiophene rings is 2. The highest BCUT2D eigenvalue weighted by atomic mass is 79.9. The van der Waals surface area contributed by atoms with Gasteiger partial charge in [-0.25, -0.2) is 28.3 Å². The van der Waals surface area contributed by atoms with Crippen molar-refractivity contribution in [3.05, 3.63) is 103 Å². The van der Waals surface area contributed by atoms with Gasteiger partial charge in [0.2, 0.25) is 0 Å². The van der Waals surface area contributed by atoms with Crippen molar-refractivity contribution in [2.75, 3.05) is 0 Å². The summed E-state index contributed by atoms with van der Waals surface area (Å²) in [4.78, 5) is 35.5. The number of nitrogens with zero attached hydrogens (tertiary/aromatic N) is 2. The maximum atomic E-state index is 16.5. The number of benzene rings is 3.